The molecule has 1 saturated heterocycles. The third-order valence-electron chi connectivity index (χ3n) is 13.2. The first-order valence-electron chi connectivity index (χ1n) is 18.4. The highest BCUT2D eigenvalue weighted by Crippen LogP contribution is 2.70. The van der Waals surface area contributed by atoms with Gasteiger partial charge in [-0.1, -0.05) is 63.5 Å². The number of benzene rings is 1. The lowest BCUT2D eigenvalue weighted by Crippen LogP contribution is -2.69. The lowest BCUT2D eigenvalue weighted by Gasteiger charge is -2.62. The first kappa shape index (κ1) is 37.5. The Labute approximate surface area is 291 Å². The summed E-state index contributed by atoms with van der Waals surface area (Å²) in [5.41, 5.74) is -1.90. The number of rotatable bonds is 7. The standard InChI is InChI=1S/C22H29FO5.C18H28N2O/c1-12-8-16-15-5-4-13-9-14(25)6-7-19(13,2)21(15,23)17(26)10-20(16,3)22(12,28)18(27)11-24;1-4-5-12-20-13-7-6-11-16(20)18(21)19-17-14(2)9-8-10-15(17)3/h6-7,9,12,15-17,24,26,28H,4-5,8,10-11H2,1-3H3;8-10,16H,4-7,11-13H2,1-3H3,(H,19,21)/t12-,15+,16+,17+,19+,20+,21+,22+;/m1./s1. The number of ketones is 2. The second-order valence-corrected chi connectivity index (χ2v) is 15.9. The zero-order valence-corrected chi connectivity index (χ0v) is 30.2. The summed E-state index contributed by atoms with van der Waals surface area (Å²) in [6.07, 6.45) is 10.2. The van der Waals surface area contributed by atoms with Crippen molar-refractivity contribution in [1.29, 1.82) is 0 Å². The highest BCUT2D eigenvalue weighted by molar-refractivity contribution is 6.01. The van der Waals surface area contributed by atoms with Crippen LogP contribution in [0.3, 0.4) is 0 Å². The van der Waals surface area contributed by atoms with Crippen LogP contribution in [0.4, 0.5) is 10.1 Å². The molecule has 1 heterocycles. The van der Waals surface area contributed by atoms with E-state index in [1.54, 1.807) is 26.8 Å². The molecule has 4 N–H and O–H groups in total. The Kier molecular flexibility index (Phi) is 10.8. The van der Waals surface area contributed by atoms with Gasteiger partial charge in [0.05, 0.1) is 12.1 Å². The molecule has 4 aliphatic carbocycles. The number of carbonyl (C=O) groups excluding carboxylic acids is 3. The maximum atomic E-state index is 16.9. The third kappa shape index (κ3) is 6.06. The second-order valence-electron chi connectivity index (χ2n) is 15.9. The van der Waals surface area contributed by atoms with Crippen molar-refractivity contribution in [2.24, 2.45) is 28.6 Å². The van der Waals surface area contributed by atoms with Gasteiger partial charge in [-0.3, -0.25) is 19.3 Å². The van der Waals surface area contributed by atoms with Crippen LogP contribution in [0.15, 0.2) is 42.0 Å². The fourth-order valence-electron chi connectivity index (χ4n) is 10.4. The Morgan fingerprint density at radius 3 is 2.45 bits per heavy atom. The van der Waals surface area contributed by atoms with Crippen LogP contribution in [0.25, 0.3) is 0 Å². The number of unbranched alkanes of at least 4 members (excludes halogenated alkanes) is 1. The minimum atomic E-state index is -1.98. The third-order valence-corrected chi connectivity index (χ3v) is 13.2. The lowest BCUT2D eigenvalue weighted by molar-refractivity contribution is -0.219. The largest absolute Gasteiger partial charge is 0.390 e. The average molecular weight is 681 g/mol. The Hall–Kier alpha value is -2.72. The van der Waals surface area contributed by atoms with Crippen molar-refractivity contribution in [3.63, 3.8) is 0 Å². The summed E-state index contributed by atoms with van der Waals surface area (Å²) in [4.78, 5) is 39.4. The van der Waals surface area contributed by atoms with Crippen molar-refractivity contribution in [2.45, 2.75) is 123 Å². The Morgan fingerprint density at radius 2 is 1.80 bits per heavy atom. The summed E-state index contributed by atoms with van der Waals surface area (Å²) in [5.74, 6) is -1.95. The molecule has 9 heteroatoms. The van der Waals surface area contributed by atoms with Gasteiger partial charge in [0.25, 0.3) is 0 Å². The molecule has 1 aliphatic heterocycles. The maximum Gasteiger partial charge on any atom is 0.241 e. The van der Waals surface area contributed by atoms with Crippen molar-refractivity contribution < 1.29 is 34.1 Å². The molecule has 3 saturated carbocycles. The highest BCUT2D eigenvalue weighted by Gasteiger charge is 2.75. The molecule has 8 nitrogen and oxygen atoms in total. The summed E-state index contributed by atoms with van der Waals surface area (Å²) in [7, 11) is 0. The van der Waals surface area contributed by atoms with E-state index in [0.29, 0.717) is 24.8 Å². The van der Waals surface area contributed by atoms with Gasteiger partial charge in [0.15, 0.2) is 17.2 Å². The summed E-state index contributed by atoms with van der Waals surface area (Å²) in [5, 5.41) is 35.1. The average Bonchev–Trinajstić information content (AvgIpc) is 3.27. The van der Waals surface area contributed by atoms with Crippen molar-refractivity contribution >= 4 is 23.2 Å². The number of para-hydroxylation sites is 1. The summed E-state index contributed by atoms with van der Waals surface area (Å²) in [6.45, 7) is 12.9. The number of aliphatic hydroxyl groups is 3. The number of aryl methyl sites for hydroxylation is 2. The molecular formula is C40H57FN2O6. The molecule has 1 amide bonds. The molecule has 9 atom stereocenters. The first-order valence-corrected chi connectivity index (χ1v) is 18.4. The van der Waals surface area contributed by atoms with Crippen LogP contribution in [-0.2, 0) is 14.4 Å². The van der Waals surface area contributed by atoms with Crippen LogP contribution in [0.2, 0.25) is 0 Å². The topological polar surface area (TPSA) is 127 Å². The number of hydrogen-bond acceptors (Lipinski definition) is 7. The van der Waals surface area contributed by atoms with Gasteiger partial charge < -0.3 is 20.6 Å². The van der Waals surface area contributed by atoms with Gasteiger partial charge in [-0.05, 0) is 114 Å². The maximum absolute atomic E-state index is 16.9. The van der Waals surface area contributed by atoms with Crippen molar-refractivity contribution in [2.75, 3.05) is 25.0 Å². The van der Waals surface area contributed by atoms with Gasteiger partial charge in [-0.25, -0.2) is 4.39 Å². The summed E-state index contributed by atoms with van der Waals surface area (Å²) < 4.78 is 16.9. The number of likely N-dealkylation sites (tertiary alicyclic amines) is 1. The van der Waals surface area contributed by atoms with Crippen LogP contribution in [0.5, 0.6) is 0 Å². The fourth-order valence-corrected chi connectivity index (χ4v) is 10.4. The van der Waals surface area contributed by atoms with E-state index < -0.39 is 52.4 Å². The number of fused-ring (bicyclic) bond motifs is 5. The van der Waals surface area contributed by atoms with Crippen LogP contribution < -0.4 is 5.32 Å². The predicted molar refractivity (Wildman–Crippen MR) is 189 cm³/mol. The monoisotopic (exact) mass is 680 g/mol. The van der Waals surface area contributed by atoms with E-state index in [2.05, 4.69) is 43.1 Å². The molecule has 0 bridgehead atoms. The second kappa shape index (κ2) is 14.1. The smallest absolute Gasteiger partial charge is 0.241 e. The van der Waals surface area contributed by atoms with E-state index in [1.807, 2.05) is 6.07 Å². The minimum Gasteiger partial charge on any atom is -0.390 e. The molecular weight excluding hydrogens is 623 g/mol. The number of nitrogens with one attached hydrogen (secondary N) is 1. The molecule has 270 valence electrons. The van der Waals surface area contributed by atoms with Gasteiger partial charge in [0, 0.05) is 22.4 Å². The van der Waals surface area contributed by atoms with Crippen LogP contribution in [0, 0.1) is 42.4 Å². The number of alkyl halides is 1. The molecule has 1 unspecified atom stereocenters. The number of amides is 1. The van der Waals surface area contributed by atoms with Gasteiger partial charge in [-0.2, -0.15) is 0 Å². The first-order chi connectivity index (χ1) is 23.1. The van der Waals surface area contributed by atoms with E-state index in [4.69, 9.17) is 0 Å². The number of hydrogen-bond donors (Lipinski definition) is 4. The zero-order chi connectivity index (χ0) is 35.9. The Balaban J connectivity index is 0.000000200. The molecule has 49 heavy (non-hydrogen) atoms. The van der Waals surface area contributed by atoms with Crippen LogP contribution in [-0.4, -0.2) is 80.8 Å². The predicted octanol–water partition coefficient (Wildman–Crippen LogP) is 5.79. The lowest BCUT2D eigenvalue weighted by atomic mass is 9.44. The number of allylic oxidation sites excluding steroid dienone is 4. The van der Waals surface area contributed by atoms with Crippen LogP contribution in [0.1, 0.15) is 96.6 Å². The van der Waals surface area contributed by atoms with Gasteiger partial charge >= 0.3 is 0 Å². The summed E-state index contributed by atoms with van der Waals surface area (Å²) >= 11 is 0. The number of piperidine rings is 1. The fraction of sp³-hybridized carbons (Fsp3) is 0.675. The highest BCUT2D eigenvalue weighted by atomic mass is 19.1. The number of nitrogens with zero attached hydrogens (tertiary/aromatic N) is 1. The molecule has 0 radical (unpaired) electrons. The molecule has 1 aromatic rings. The van der Waals surface area contributed by atoms with Crippen molar-refractivity contribution in [1.82, 2.24) is 4.90 Å². The number of carbonyl (C=O) groups is 3. The molecule has 0 aromatic heterocycles. The van der Waals surface area contributed by atoms with Gasteiger partial charge in [0.2, 0.25) is 5.91 Å². The quantitative estimate of drug-likeness (QED) is 0.287. The molecule has 5 aliphatic rings. The van der Waals surface area contributed by atoms with Crippen LogP contribution >= 0.6 is 0 Å². The molecule has 6 rings (SSSR count). The van der Waals surface area contributed by atoms with E-state index in [9.17, 15) is 29.7 Å². The normalized spacial score (nSPS) is 38.4. The van der Waals surface area contributed by atoms with Crippen molar-refractivity contribution in [3.8, 4) is 0 Å². The number of Topliss-reactive ketones (excluding diaryl/α,β-unsaturated/α-hetero) is 1. The number of halogens is 1. The van der Waals surface area contributed by atoms with E-state index in [1.165, 1.54) is 31.4 Å². The number of aliphatic hydroxyl groups excluding tert-OH is 2. The van der Waals surface area contributed by atoms with Gasteiger partial charge in [-0.15, -0.1) is 0 Å². The Morgan fingerprint density at radius 1 is 1.10 bits per heavy atom. The van der Waals surface area contributed by atoms with E-state index in [0.717, 1.165) is 42.7 Å². The Bertz CT molecular complexity index is 1490. The minimum absolute atomic E-state index is 0.0457. The summed E-state index contributed by atoms with van der Waals surface area (Å²) in [6, 6.07) is 6.19. The van der Waals surface area contributed by atoms with Gasteiger partial charge in [0.1, 0.15) is 12.2 Å². The number of anilines is 1. The van der Waals surface area contributed by atoms with Crippen molar-refractivity contribution in [3.05, 3.63) is 53.1 Å². The van der Waals surface area contributed by atoms with E-state index in [-0.39, 0.29) is 30.1 Å². The molecule has 1 aromatic carbocycles. The zero-order valence-electron chi connectivity index (χ0n) is 30.2. The molecule has 4 fully saturated rings. The van der Waals surface area contributed by atoms with E-state index >= 15 is 4.39 Å². The molecule has 0 spiro atoms. The SMILES string of the molecule is CCCCN1CCCCC1C(=O)Nc1c(C)cccc1C.C[C@@H]1C[C@H]2[C@@H]3CCC4=CC(=O)C=C[C@]4(C)[C@@]3(F)[C@@H](O)C[C@]2(C)[C@@]1(O)C(=O)CO.